The summed E-state index contributed by atoms with van der Waals surface area (Å²) < 4.78 is 7.26. The van der Waals surface area contributed by atoms with Crippen LogP contribution in [-0.2, 0) is 4.74 Å². The van der Waals surface area contributed by atoms with Crippen LogP contribution in [0.1, 0.15) is 50.5 Å². The van der Waals surface area contributed by atoms with Crippen LogP contribution in [0.3, 0.4) is 0 Å². The molecule has 1 aromatic carbocycles. The average molecular weight is 373 g/mol. The van der Waals surface area contributed by atoms with Gasteiger partial charge in [-0.25, -0.2) is 0 Å². The van der Waals surface area contributed by atoms with Gasteiger partial charge in [-0.05, 0) is 66.2 Å². The number of nitrogens with one attached hydrogen (secondary N) is 1. The normalized spacial score (nSPS) is 25.0. The Hall–Kier alpha value is -0.250. The van der Waals surface area contributed by atoms with Crippen LogP contribution in [-0.4, -0.2) is 18.2 Å². The molecule has 1 saturated heterocycles. The maximum Gasteiger partial charge on any atom is 0.0702 e. The van der Waals surface area contributed by atoms with Gasteiger partial charge in [0.05, 0.1) is 11.3 Å². The molecule has 0 aromatic heterocycles. The van der Waals surface area contributed by atoms with Crippen molar-refractivity contribution in [3.63, 3.8) is 0 Å². The zero-order valence-electron chi connectivity index (χ0n) is 12.6. The van der Waals surface area contributed by atoms with Gasteiger partial charge < -0.3 is 10.1 Å². The summed E-state index contributed by atoms with van der Waals surface area (Å²) in [7, 11) is 0. The molecule has 4 heteroatoms. The predicted molar refractivity (Wildman–Crippen MR) is 92.3 cm³/mol. The summed E-state index contributed by atoms with van der Waals surface area (Å²) in [6.45, 7) is 2.90. The summed E-state index contributed by atoms with van der Waals surface area (Å²) in [5.74, 6) is 0. The molecule has 1 N–H and O–H groups in total. The largest absolute Gasteiger partial charge is 0.381 e. The third-order valence-corrected chi connectivity index (χ3v) is 5.93. The number of ether oxygens (including phenoxy) is 1. The molecule has 0 bridgehead atoms. The quantitative estimate of drug-likeness (QED) is 0.718. The molecule has 1 spiro atoms. The molecule has 0 amide bonds. The first kappa shape index (κ1) is 15.6. The molecule has 1 atom stereocenters. The molecule has 1 aliphatic carbocycles. The fourth-order valence-corrected chi connectivity index (χ4v) is 4.41. The molecule has 2 fully saturated rings. The van der Waals surface area contributed by atoms with Gasteiger partial charge in [0.1, 0.15) is 0 Å². The number of hydrogen-bond donors (Lipinski definition) is 1. The van der Waals surface area contributed by atoms with E-state index in [9.17, 15) is 0 Å². The van der Waals surface area contributed by atoms with Crippen LogP contribution < -0.4 is 5.32 Å². The first-order valence-corrected chi connectivity index (χ1v) is 9.11. The van der Waals surface area contributed by atoms with E-state index in [2.05, 4.69) is 27.3 Å². The van der Waals surface area contributed by atoms with E-state index in [4.69, 9.17) is 16.3 Å². The molecule has 1 unspecified atom stereocenters. The van der Waals surface area contributed by atoms with Gasteiger partial charge in [0, 0.05) is 22.1 Å². The van der Waals surface area contributed by atoms with Crippen molar-refractivity contribution in [2.24, 2.45) is 0 Å². The molecule has 116 valence electrons. The van der Waals surface area contributed by atoms with Crippen LogP contribution in [0.4, 0.5) is 5.69 Å². The van der Waals surface area contributed by atoms with Gasteiger partial charge >= 0.3 is 0 Å². The number of anilines is 1. The lowest BCUT2D eigenvalue weighted by molar-refractivity contribution is -0.103. The standard InChI is InChI=1S/C17H23BrClNO/c1-12-9-14(18)16(10-15(12)19)20-13-5-8-21-17(11-13)6-3-2-4-7-17/h9-10,13,20H,2-8,11H2,1H3. The summed E-state index contributed by atoms with van der Waals surface area (Å²) in [4.78, 5) is 0. The van der Waals surface area contributed by atoms with Crippen LogP contribution in [0.25, 0.3) is 0 Å². The van der Waals surface area contributed by atoms with Crippen molar-refractivity contribution in [2.45, 2.75) is 63.5 Å². The highest BCUT2D eigenvalue weighted by molar-refractivity contribution is 9.10. The molecule has 0 radical (unpaired) electrons. The van der Waals surface area contributed by atoms with Gasteiger partial charge in [-0.15, -0.1) is 0 Å². The van der Waals surface area contributed by atoms with Crippen molar-refractivity contribution in [1.82, 2.24) is 0 Å². The third kappa shape index (κ3) is 3.57. The second-order valence-corrected chi connectivity index (χ2v) is 7.77. The molecule has 1 aromatic rings. The fourth-order valence-electron chi connectivity index (χ4n) is 3.67. The first-order valence-electron chi connectivity index (χ1n) is 7.94. The number of rotatable bonds is 2. The molecule has 21 heavy (non-hydrogen) atoms. The molecular formula is C17H23BrClNO. The van der Waals surface area contributed by atoms with Gasteiger partial charge in [-0.3, -0.25) is 0 Å². The van der Waals surface area contributed by atoms with E-state index in [1.54, 1.807) is 0 Å². The highest BCUT2D eigenvalue weighted by Crippen LogP contribution is 2.40. The predicted octanol–water partition coefficient (Wildman–Crippen LogP) is 5.70. The van der Waals surface area contributed by atoms with Crippen molar-refractivity contribution < 1.29 is 4.74 Å². The number of benzene rings is 1. The molecule has 2 aliphatic rings. The Kier molecular flexibility index (Phi) is 4.82. The van der Waals surface area contributed by atoms with E-state index in [1.165, 1.54) is 32.1 Å². The molecule has 1 aliphatic heterocycles. The molecule has 1 saturated carbocycles. The minimum Gasteiger partial charge on any atom is -0.381 e. The van der Waals surface area contributed by atoms with E-state index >= 15 is 0 Å². The van der Waals surface area contributed by atoms with Crippen molar-refractivity contribution in [3.8, 4) is 0 Å². The Labute approximate surface area is 140 Å². The summed E-state index contributed by atoms with van der Waals surface area (Å²) in [6, 6.07) is 4.59. The highest BCUT2D eigenvalue weighted by atomic mass is 79.9. The van der Waals surface area contributed by atoms with Gasteiger partial charge in [0.15, 0.2) is 0 Å². The molecular weight excluding hydrogens is 350 g/mol. The van der Waals surface area contributed by atoms with E-state index < -0.39 is 0 Å². The topological polar surface area (TPSA) is 21.3 Å². The molecule has 3 rings (SSSR count). The van der Waals surface area contributed by atoms with Crippen LogP contribution in [0, 0.1) is 6.92 Å². The second kappa shape index (κ2) is 6.47. The lowest BCUT2D eigenvalue weighted by Crippen LogP contribution is -2.45. The lowest BCUT2D eigenvalue weighted by Gasteiger charge is -2.44. The Morgan fingerprint density at radius 2 is 2.05 bits per heavy atom. The van der Waals surface area contributed by atoms with Gasteiger partial charge in [0.25, 0.3) is 0 Å². The Bertz CT molecular complexity index is 508. The Morgan fingerprint density at radius 3 is 2.81 bits per heavy atom. The third-order valence-electron chi connectivity index (χ3n) is 4.87. The van der Waals surface area contributed by atoms with E-state index in [0.29, 0.717) is 6.04 Å². The molecule has 2 nitrogen and oxygen atoms in total. The van der Waals surface area contributed by atoms with Gasteiger partial charge in [-0.1, -0.05) is 30.9 Å². The first-order chi connectivity index (χ1) is 10.1. The van der Waals surface area contributed by atoms with Crippen LogP contribution in [0.15, 0.2) is 16.6 Å². The zero-order valence-corrected chi connectivity index (χ0v) is 14.9. The molecule has 1 heterocycles. The fraction of sp³-hybridized carbons (Fsp3) is 0.647. The van der Waals surface area contributed by atoms with E-state index in [-0.39, 0.29) is 5.60 Å². The minimum absolute atomic E-state index is 0.134. The van der Waals surface area contributed by atoms with E-state index in [0.717, 1.165) is 40.2 Å². The van der Waals surface area contributed by atoms with Crippen LogP contribution in [0.5, 0.6) is 0 Å². The summed E-state index contributed by atoms with van der Waals surface area (Å²) >= 11 is 9.90. The van der Waals surface area contributed by atoms with Crippen LogP contribution >= 0.6 is 27.5 Å². The van der Waals surface area contributed by atoms with Crippen molar-refractivity contribution in [3.05, 3.63) is 27.2 Å². The summed E-state index contributed by atoms with van der Waals surface area (Å²) in [5, 5.41) is 4.50. The Morgan fingerprint density at radius 1 is 1.29 bits per heavy atom. The average Bonchev–Trinajstić information content (AvgIpc) is 2.46. The van der Waals surface area contributed by atoms with Crippen molar-refractivity contribution in [2.75, 3.05) is 11.9 Å². The van der Waals surface area contributed by atoms with Crippen molar-refractivity contribution in [1.29, 1.82) is 0 Å². The maximum atomic E-state index is 6.26. The minimum atomic E-state index is 0.134. The zero-order chi connectivity index (χ0) is 14.9. The highest BCUT2D eigenvalue weighted by Gasteiger charge is 2.38. The monoisotopic (exact) mass is 371 g/mol. The number of halogens is 2. The number of aryl methyl sites for hydroxylation is 1. The summed E-state index contributed by atoms with van der Waals surface area (Å²) in [5.41, 5.74) is 2.34. The van der Waals surface area contributed by atoms with E-state index in [1.807, 2.05) is 13.0 Å². The number of hydrogen-bond acceptors (Lipinski definition) is 2. The smallest absolute Gasteiger partial charge is 0.0702 e. The summed E-state index contributed by atoms with van der Waals surface area (Å²) in [6.07, 6.45) is 8.62. The van der Waals surface area contributed by atoms with Crippen molar-refractivity contribution >= 4 is 33.2 Å². The SMILES string of the molecule is Cc1cc(Br)c(NC2CCOC3(CCCCC3)C2)cc1Cl. The lowest BCUT2D eigenvalue weighted by atomic mass is 9.78. The van der Waals surface area contributed by atoms with Gasteiger partial charge in [-0.2, -0.15) is 0 Å². The Balaban J connectivity index is 1.71. The van der Waals surface area contributed by atoms with Crippen LogP contribution in [0.2, 0.25) is 5.02 Å². The maximum absolute atomic E-state index is 6.26. The van der Waals surface area contributed by atoms with Gasteiger partial charge in [0.2, 0.25) is 0 Å². The second-order valence-electron chi connectivity index (χ2n) is 6.51.